The van der Waals surface area contributed by atoms with Crippen LogP contribution in [0.4, 0.5) is 4.79 Å². The molecule has 0 heterocycles. The van der Waals surface area contributed by atoms with E-state index in [4.69, 9.17) is 14.6 Å². The number of esters is 2. The Labute approximate surface area is 231 Å². The highest BCUT2D eigenvalue weighted by Gasteiger charge is 2.41. The molecule has 0 saturated carbocycles. The molecule has 4 N–H and O–H groups in total. The van der Waals surface area contributed by atoms with E-state index in [1.807, 2.05) is 12.1 Å². The van der Waals surface area contributed by atoms with Crippen LogP contribution < -0.4 is 10.6 Å². The Bertz CT molecular complexity index is 1130. The highest BCUT2D eigenvalue weighted by atomic mass is 16.6. The molecular formula is C28H34N2O10. The van der Waals surface area contributed by atoms with Gasteiger partial charge in [0.15, 0.2) is 5.60 Å². The van der Waals surface area contributed by atoms with Gasteiger partial charge in [0.2, 0.25) is 0 Å². The van der Waals surface area contributed by atoms with Crippen molar-refractivity contribution in [3.05, 3.63) is 71.8 Å². The monoisotopic (exact) mass is 558 g/mol. The molecule has 2 aromatic rings. The molecule has 0 fully saturated rings. The minimum absolute atomic E-state index is 0.00612. The molecule has 2 aromatic carbocycles. The molecule has 0 aliphatic carbocycles. The molecule has 216 valence electrons. The fourth-order valence-electron chi connectivity index (χ4n) is 3.61. The number of alkyl carbamates (subject to hydrolysis) is 1. The molecule has 0 bridgehead atoms. The van der Waals surface area contributed by atoms with Gasteiger partial charge in [-0.1, -0.05) is 60.7 Å². The normalized spacial score (nSPS) is 12.8. The first kappa shape index (κ1) is 31.8. The Morgan fingerprint density at radius 3 is 1.98 bits per heavy atom. The lowest BCUT2D eigenvalue weighted by atomic mass is 9.94. The van der Waals surface area contributed by atoms with Crippen LogP contribution in [-0.2, 0) is 46.6 Å². The Kier molecular flexibility index (Phi) is 13.1. The van der Waals surface area contributed by atoms with Crippen molar-refractivity contribution in [1.82, 2.24) is 10.6 Å². The van der Waals surface area contributed by atoms with Crippen molar-refractivity contribution in [3.63, 3.8) is 0 Å². The Morgan fingerprint density at radius 1 is 0.850 bits per heavy atom. The standard InChI is InChI=1S/C28H34N2O10/c1-38-24(33)17-28(37,16-23(31)32)26(35)29-15-9-8-14-22(25(34)39-18-20-10-4-2-5-11-20)30-27(36)40-19-21-12-6-3-7-13-21/h2-7,10-13,22,37H,8-9,14-19H2,1H3,(H,29,35)(H,30,36)(H,31,32)/t22-,28?/m0/s1. The minimum Gasteiger partial charge on any atom is -0.481 e. The first-order valence-electron chi connectivity index (χ1n) is 12.6. The van der Waals surface area contributed by atoms with E-state index in [1.54, 1.807) is 48.5 Å². The number of carboxylic acids is 1. The average molecular weight is 559 g/mol. The molecule has 2 amide bonds. The number of hydrogen-bond donors (Lipinski definition) is 4. The second-order valence-electron chi connectivity index (χ2n) is 8.96. The number of carbonyl (C=O) groups excluding carboxylic acids is 4. The Balaban J connectivity index is 1.91. The number of ether oxygens (including phenoxy) is 3. The molecular weight excluding hydrogens is 524 g/mol. The van der Waals surface area contributed by atoms with Gasteiger partial charge in [-0.3, -0.25) is 14.4 Å². The van der Waals surface area contributed by atoms with Gasteiger partial charge in [0.25, 0.3) is 5.91 Å². The van der Waals surface area contributed by atoms with Crippen molar-refractivity contribution in [2.75, 3.05) is 13.7 Å². The lowest BCUT2D eigenvalue weighted by Gasteiger charge is -2.24. The van der Waals surface area contributed by atoms with Gasteiger partial charge in [0.05, 0.1) is 20.0 Å². The summed E-state index contributed by atoms with van der Waals surface area (Å²) < 4.78 is 15.0. The van der Waals surface area contributed by atoms with Crippen molar-refractivity contribution in [1.29, 1.82) is 0 Å². The number of unbranched alkanes of at least 4 members (excludes halogenated alkanes) is 1. The molecule has 2 atom stereocenters. The Morgan fingerprint density at radius 2 is 1.43 bits per heavy atom. The molecule has 0 radical (unpaired) electrons. The van der Waals surface area contributed by atoms with Crippen LogP contribution in [-0.4, -0.2) is 65.4 Å². The quantitative estimate of drug-likeness (QED) is 0.135. The van der Waals surface area contributed by atoms with E-state index >= 15 is 0 Å². The molecule has 12 nitrogen and oxygen atoms in total. The maximum Gasteiger partial charge on any atom is 0.408 e. The molecule has 1 unspecified atom stereocenters. The van der Waals surface area contributed by atoms with Crippen LogP contribution in [0.1, 0.15) is 43.2 Å². The van der Waals surface area contributed by atoms with Crippen LogP contribution >= 0.6 is 0 Å². The lowest BCUT2D eigenvalue weighted by molar-refractivity contribution is -0.160. The van der Waals surface area contributed by atoms with E-state index in [1.165, 1.54) is 0 Å². The van der Waals surface area contributed by atoms with Gasteiger partial charge in [-0.05, 0) is 30.4 Å². The van der Waals surface area contributed by atoms with Crippen LogP contribution in [0.2, 0.25) is 0 Å². The van der Waals surface area contributed by atoms with Gasteiger partial charge in [-0.2, -0.15) is 0 Å². The van der Waals surface area contributed by atoms with E-state index < -0.39 is 54.4 Å². The molecule has 0 aromatic heterocycles. The van der Waals surface area contributed by atoms with Crippen LogP contribution in [0.5, 0.6) is 0 Å². The molecule has 0 aliphatic heterocycles. The second-order valence-corrected chi connectivity index (χ2v) is 8.96. The SMILES string of the molecule is COC(=O)CC(O)(CC(=O)O)C(=O)NCCCC[C@H](NC(=O)OCc1ccccc1)C(=O)OCc1ccccc1. The van der Waals surface area contributed by atoms with E-state index in [9.17, 15) is 29.1 Å². The lowest BCUT2D eigenvalue weighted by Crippen LogP contribution is -2.50. The summed E-state index contributed by atoms with van der Waals surface area (Å²) in [6.07, 6.45) is -1.84. The van der Waals surface area contributed by atoms with Gasteiger partial charge < -0.3 is 35.1 Å². The summed E-state index contributed by atoms with van der Waals surface area (Å²) in [5, 5.41) is 24.4. The zero-order valence-corrected chi connectivity index (χ0v) is 22.2. The van der Waals surface area contributed by atoms with Gasteiger partial charge in [0.1, 0.15) is 19.3 Å². The average Bonchev–Trinajstić information content (AvgIpc) is 2.94. The number of aliphatic hydroxyl groups is 1. The number of aliphatic carboxylic acids is 1. The highest BCUT2D eigenvalue weighted by molar-refractivity contribution is 5.92. The van der Waals surface area contributed by atoms with Crippen molar-refractivity contribution < 1.29 is 48.4 Å². The first-order valence-corrected chi connectivity index (χ1v) is 12.6. The number of amides is 2. The van der Waals surface area contributed by atoms with Crippen molar-refractivity contribution >= 4 is 29.9 Å². The van der Waals surface area contributed by atoms with Crippen LogP contribution in [0.3, 0.4) is 0 Å². The topological polar surface area (TPSA) is 178 Å². The van der Waals surface area contributed by atoms with Gasteiger partial charge >= 0.3 is 24.0 Å². The first-order chi connectivity index (χ1) is 19.1. The smallest absolute Gasteiger partial charge is 0.408 e. The molecule has 0 spiro atoms. The summed E-state index contributed by atoms with van der Waals surface area (Å²) in [7, 11) is 1.05. The number of rotatable bonds is 16. The fraction of sp³-hybridized carbons (Fsp3) is 0.393. The molecule has 0 saturated heterocycles. The predicted octanol–water partition coefficient (Wildman–Crippen LogP) is 2.08. The number of benzene rings is 2. The van der Waals surface area contributed by atoms with Gasteiger partial charge in [-0.15, -0.1) is 0 Å². The number of carboxylic acid groups (broad SMARTS) is 1. The Hall–Kier alpha value is -4.45. The number of methoxy groups -OCH3 is 1. The number of carbonyl (C=O) groups is 5. The van der Waals surface area contributed by atoms with Crippen molar-refractivity contribution in [3.8, 4) is 0 Å². The third kappa shape index (κ3) is 11.5. The van der Waals surface area contributed by atoms with E-state index in [0.717, 1.165) is 18.2 Å². The molecule has 0 aliphatic rings. The van der Waals surface area contributed by atoms with Crippen LogP contribution in [0.15, 0.2) is 60.7 Å². The minimum atomic E-state index is -2.48. The van der Waals surface area contributed by atoms with Crippen molar-refractivity contribution in [2.24, 2.45) is 0 Å². The summed E-state index contributed by atoms with van der Waals surface area (Å²) >= 11 is 0. The predicted molar refractivity (Wildman–Crippen MR) is 140 cm³/mol. The zero-order valence-electron chi connectivity index (χ0n) is 22.2. The third-order valence-corrected chi connectivity index (χ3v) is 5.75. The largest absolute Gasteiger partial charge is 0.481 e. The number of nitrogens with one attached hydrogen (secondary N) is 2. The third-order valence-electron chi connectivity index (χ3n) is 5.75. The summed E-state index contributed by atoms with van der Waals surface area (Å²) in [5.74, 6) is -4.12. The fourth-order valence-corrected chi connectivity index (χ4v) is 3.61. The summed E-state index contributed by atoms with van der Waals surface area (Å²) in [4.78, 5) is 60.2. The summed E-state index contributed by atoms with van der Waals surface area (Å²) in [5.41, 5.74) is -0.941. The maximum absolute atomic E-state index is 12.8. The van der Waals surface area contributed by atoms with E-state index in [0.29, 0.717) is 12.8 Å². The van der Waals surface area contributed by atoms with Gasteiger partial charge in [-0.25, -0.2) is 9.59 Å². The molecule has 2 rings (SSSR count). The van der Waals surface area contributed by atoms with Gasteiger partial charge in [0, 0.05) is 6.54 Å². The van der Waals surface area contributed by atoms with Crippen LogP contribution in [0.25, 0.3) is 0 Å². The number of hydrogen-bond acceptors (Lipinski definition) is 9. The highest BCUT2D eigenvalue weighted by Crippen LogP contribution is 2.17. The van der Waals surface area contributed by atoms with E-state index in [2.05, 4.69) is 15.4 Å². The summed E-state index contributed by atoms with van der Waals surface area (Å²) in [6, 6.07) is 17.0. The van der Waals surface area contributed by atoms with Crippen LogP contribution in [0, 0.1) is 0 Å². The summed E-state index contributed by atoms with van der Waals surface area (Å²) in [6.45, 7) is 0.0246. The second kappa shape index (κ2) is 16.5. The van der Waals surface area contributed by atoms with Crippen molar-refractivity contribution in [2.45, 2.75) is 57.0 Å². The maximum atomic E-state index is 12.8. The molecule has 40 heavy (non-hydrogen) atoms. The molecule has 12 heteroatoms. The van der Waals surface area contributed by atoms with E-state index in [-0.39, 0.29) is 26.2 Å². The zero-order chi connectivity index (χ0) is 29.4.